The normalized spacial score (nSPS) is 23.7. The van der Waals surface area contributed by atoms with Gasteiger partial charge >= 0.3 is 0 Å². The molecule has 1 fully saturated rings. The minimum atomic E-state index is 0.0932. The highest BCUT2D eigenvalue weighted by Crippen LogP contribution is 2.32. The molecule has 6 heteroatoms. The van der Waals surface area contributed by atoms with Gasteiger partial charge in [-0.1, -0.05) is 24.4 Å². The van der Waals surface area contributed by atoms with Gasteiger partial charge in [0.2, 0.25) is 5.89 Å². The fourth-order valence-electron chi connectivity index (χ4n) is 3.26. The molecule has 2 aliphatic rings. The molecule has 0 amide bonds. The van der Waals surface area contributed by atoms with Gasteiger partial charge in [0, 0.05) is 18.9 Å². The monoisotopic (exact) mass is 273 g/mol. The van der Waals surface area contributed by atoms with E-state index in [1.807, 2.05) is 0 Å². The molecule has 20 heavy (non-hydrogen) atoms. The van der Waals surface area contributed by atoms with Gasteiger partial charge < -0.3 is 9.51 Å². The summed E-state index contributed by atoms with van der Waals surface area (Å²) in [5, 5.41) is 7.63. The fraction of sp³-hybridized carbons (Fsp3) is 0.643. The van der Waals surface area contributed by atoms with Crippen LogP contribution in [0.15, 0.2) is 10.9 Å². The van der Waals surface area contributed by atoms with Crippen LogP contribution in [-0.4, -0.2) is 20.1 Å². The van der Waals surface area contributed by atoms with Crippen molar-refractivity contribution in [2.45, 2.75) is 57.0 Å². The van der Waals surface area contributed by atoms with E-state index in [4.69, 9.17) is 4.52 Å². The Morgan fingerprint density at radius 2 is 2.10 bits per heavy atom. The second-order valence-corrected chi connectivity index (χ2v) is 5.79. The molecule has 0 radical (unpaired) electrons. The second kappa shape index (κ2) is 5.01. The Labute approximate surface area is 117 Å². The van der Waals surface area contributed by atoms with Crippen LogP contribution in [0.2, 0.25) is 0 Å². The number of hydrogen-bond donors (Lipinski definition) is 2. The van der Waals surface area contributed by atoms with Gasteiger partial charge in [0.1, 0.15) is 0 Å². The van der Waals surface area contributed by atoms with Gasteiger partial charge in [-0.05, 0) is 12.8 Å². The zero-order valence-corrected chi connectivity index (χ0v) is 11.4. The number of hydrogen-bond acceptors (Lipinski definition) is 5. The van der Waals surface area contributed by atoms with Crippen LogP contribution in [0.1, 0.15) is 67.2 Å². The zero-order chi connectivity index (χ0) is 13.4. The highest BCUT2D eigenvalue weighted by molar-refractivity contribution is 5.17. The standard InChI is InChI=1S/C14H19N5O/c1-2-4-9(5-3-1)13-18-14(20-19-13)11-6-10-12(7-15-11)17-8-16-10/h8-9,11,15H,1-7H2,(H,16,17). The summed E-state index contributed by atoms with van der Waals surface area (Å²) in [7, 11) is 0. The van der Waals surface area contributed by atoms with Crippen molar-refractivity contribution in [3.05, 3.63) is 29.4 Å². The van der Waals surface area contributed by atoms with E-state index in [2.05, 4.69) is 25.4 Å². The van der Waals surface area contributed by atoms with Crippen molar-refractivity contribution < 1.29 is 4.52 Å². The Balaban J connectivity index is 1.51. The number of aromatic amines is 1. The van der Waals surface area contributed by atoms with E-state index in [1.165, 1.54) is 32.1 Å². The number of fused-ring (bicyclic) bond motifs is 1. The molecule has 4 rings (SSSR count). The largest absolute Gasteiger partial charge is 0.347 e. The van der Waals surface area contributed by atoms with Crippen molar-refractivity contribution >= 4 is 0 Å². The lowest BCUT2D eigenvalue weighted by Gasteiger charge is -2.20. The third-order valence-corrected chi connectivity index (χ3v) is 4.46. The molecule has 1 unspecified atom stereocenters. The smallest absolute Gasteiger partial charge is 0.244 e. The summed E-state index contributed by atoms with van der Waals surface area (Å²) in [4.78, 5) is 12.1. The number of imidazole rings is 1. The predicted octanol–water partition coefficient (Wildman–Crippen LogP) is 2.23. The van der Waals surface area contributed by atoms with Crippen LogP contribution in [0, 0.1) is 0 Å². The van der Waals surface area contributed by atoms with Crippen molar-refractivity contribution in [1.29, 1.82) is 0 Å². The van der Waals surface area contributed by atoms with Gasteiger partial charge in [-0.25, -0.2) is 4.98 Å². The van der Waals surface area contributed by atoms with Crippen molar-refractivity contribution in [3.8, 4) is 0 Å². The number of aromatic nitrogens is 4. The summed E-state index contributed by atoms with van der Waals surface area (Å²) >= 11 is 0. The molecule has 0 aromatic carbocycles. The van der Waals surface area contributed by atoms with E-state index in [9.17, 15) is 0 Å². The zero-order valence-electron chi connectivity index (χ0n) is 11.4. The Bertz CT molecular complexity index is 584. The Morgan fingerprint density at radius 1 is 1.20 bits per heavy atom. The van der Waals surface area contributed by atoms with E-state index in [0.717, 1.165) is 30.2 Å². The van der Waals surface area contributed by atoms with Gasteiger partial charge in [0.05, 0.1) is 23.8 Å². The van der Waals surface area contributed by atoms with Crippen molar-refractivity contribution in [2.75, 3.05) is 0 Å². The SMILES string of the molecule is c1nc2c([nH]1)CNC(c1nc(C3CCCCC3)no1)C2. The van der Waals surface area contributed by atoms with E-state index in [0.29, 0.717) is 11.8 Å². The second-order valence-electron chi connectivity index (χ2n) is 5.79. The van der Waals surface area contributed by atoms with Crippen molar-refractivity contribution in [2.24, 2.45) is 0 Å². The first-order chi connectivity index (χ1) is 9.90. The van der Waals surface area contributed by atoms with Crippen LogP contribution in [0.25, 0.3) is 0 Å². The fourth-order valence-corrected chi connectivity index (χ4v) is 3.26. The predicted molar refractivity (Wildman–Crippen MR) is 72.0 cm³/mol. The van der Waals surface area contributed by atoms with Gasteiger partial charge in [0.25, 0.3) is 0 Å². The first-order valence-corrected chi connectivity index (χ1v) is 7.48. The lowest BCUT2D eigenvalue weighted by molar-refractivity contribution is 0.313. The first kappa shape index (κ1) is 12.1. The Kier molecular flexibility index (Phi) is 3.03. The van der Waals surface area contributed by atoms with E-state index in [1.54, 1.807) is 6.33 Å². The number of nitrogens with one attached hydrogen (secondary N) is 2. The van der Waals surface area contributed by atoms with Crippen LogP contribution in [0.5, 0.6) is 0 Å². The molecule has 1 atom stereocenters. The van der Waals surface area contributed by atoms with Gasteiger partial charge in [0.15, 0.2) is 5.82 Å². The quantitative estimate of drug-likeness (QED) is 0.877. The third kappa shape index (κ3) is 2.14. The van der Waals surface area contributed by atoms with E-state index < -0.39 is 0 Å². The average Bonchev–Trinajstić information content (AvgIpc) is 3.16. The molecule has 1 aliphatic heterocycles. The summed E-state index contributed by atoms with van der Waals surface area (Å²) in [5.41, 5.74) is 2.26. The topological polar surface area (TPSA) is 79.6 Å². The summed E-state index contributed by atoms with van der Waals surface area (Å²) in [5.74, 6) is 2.10. The van der Waals surface area contributed by atoms with Gasteiger partial charge in [-0.2, -0.15) is 4.98 Å². The maximum Gasteiger partial charge on any atom is 0.244 e. The molecule has 1 aliphatic carbocycles. The average molecular weight is 273 g/mol. The minimum absolute atomic E-state index is 0.0932. The van der Waals surface area contributed by atoms with Crippen LogP contribution in [0.3, 0.4) is 0 Å². The maximum absolute atomic E-state index is 5.49. The van der Waals surface area contributed by atoms with Crippen LogP contribution >= 0.6 is 0 Å². The maximum atomic E-state index is 5.49. The van der Waals surface area contributed by atoms with Crippen LogP contribution in [-0.2, 0) is 13.0 Å². The summed E-state index contributed by atoms with van der Waals surface area (Å²) in [6, 6.07) is 0.0932. The molecule has 0 saturated heterocycles. The van der Waals surface area contributed by atoms with Crippen LogP contribution in [0.4, 0.5) is 0 Å². The first-order valence-electron chi connectivity index (χ1n) is 7.48. The van der Waals surface area contributed by atoms with Gasteiger partial charge in [-0.15, -0.1) is 0 Å². The van der Waals surface area contributed by atoms with Crippen molar-refractivity contribution in [3.63, 3.8) is 0 Å². The molecule has 6 nitrogen and oxygen atoms in total. The molecule has 2 N–H and O–H groups in total. The molecule has 2 aromatic heterocycles. The number of rotatable bonds is 2. The minimum Gasteiger partial charge on any atom is -0.347 e. The molecule has 2 aromatic rings. The lowest BCUT2D eigenvalue weighted by atomic mass is 9.89. The summed E-state index contributed by atoms with van der Waals surface area (Å²) < 4.78 is 5.49. The van der Waals surface area contributed by atoms with E-state index >= 15 is 0 Å². The molecular formula is C14H19N5O. The molecule has 106 valence electrons. The highest BCUT2D eigenvalue weighted by Gasteiger charge is 2.28. The molecule has 3 heterocycles. The number of nitrogens with zero attached hydrogens (tertiary/aromatic N) is 3. The van der Waals surface area contributed by atoms with E-state index in [-0.39, 0.29) is 6.04 Å². The Morgan fingerprint density at radius 3 is 3.00 bits per heavy atom. The molecule has 0 bridgehead atoms. The third-order valence-electron chi connectivity index (χ3n) is 4.46. The summed E-state index contributed by atoms with van der Waals surface area (Å²) in [6.07, 6.45) is 8.86. The van der Waals surface area contributed by atoms with Gasteiger partial charge in [-0.3, -0.25) is 5.32 Å². The molecule has 1 saturated carbocycles. The number of H-pyrrole nitrogens is 1. The van der Waals surface area contributed by atoms with Crippen LogP contribution < -0.4 is 5.32 Å². The molecular weight excluding hydrogens is 254 g/mol. The molecule has 0 spiro atoms. The summed E-state index contributed by atoms with van der Waals surface area (Å²) in [6.45, 7) is 0.779. The Hall–Kier alpha value is -1.69. The lowest BCUT2D eigenvalue weighted by Crippen LogP contribution is -2.28. The van der Waals surface area contributed by atoms with Crippen molar-refractivity contribution in [1.82, 2.24) is 25.4 Å². The highest BCUT2D eigenvalue weighted by atomic mass is 16.5.